The molecule has 0 aliphatic heterocycles. The number of para-hydroxylation sites is 1. The minimum atomic E-state index is 0.720. The number of rotatable bonds is 8. The predicted octanol–water partition coefficient (Wildman–Crippen LogP) is 4.36. The van der Waals surface area contributed by atoms with E-state index in [0.717, 1.165) is 23.6 Å². The monoisotopic (exact) mass is 271 g/mol. The summed E-state index contributed by atoms with van der Waals surface area (Å²) in [5.74, 6) is 0.720. The topological polar surface area (TPSA) is 43.8 Å². The minimum Gasteiger partial charge on any atom is -0.384 e. The summed E-state index contributed by atoms with van der Waals surface area (Å²) >= 11 is 0. The smallest absolute Gasteiger partial charge is 0.127 e. The molecular weight excluding hydrogens is 246 g/mol. The van der Waals surface area contributed by atoms with Gasteiger partial charge in [0.05, 0.1) is 11.4 Å². The van der Waals surface area contributed by atoms with Crippen molar-refractivity contribution in [2.75, 3.05) is 5.73 Å². The number of benzene rings is 1. The Labute approximate surface area is 121 Å². The first-order valence-electron chi connectivity index (χ1n) is 7.71. The number of aryl methyl sites for hydroxylation is 1. The van der Waals surface area contributed by atoms with E-state index < -0.39 is 0 Å². The average Bonchev–Trinajstić information content (AvgIpc) is 2.85. The van der Waals surface area contributed by atoms with Gasteiger partial charge in [0.15, 0.2) is 0 Å². The summed E-state index contributed by atoms with van der Waals surface area (Å²) in [6.45, 7) is 2.25. The van der Waals surface area contributed by atoms with Crippen LogP contribution in [0.1, 0.15) is 51.1 Å². The number of anilines is 1. The molecule has 0 saturated heterocycles. The third-order valence-corrected chi connectivity index (χ3v) is 3.57. The van der Waals surface area contributed by atoms with Crippen molar-refractivity contribution in [3.05, 3.63) is 42.1 Å². The molecule has 0 saturated carbocycles. The number of nitrogens with zero attached hydrogens (tertiary/aromatic N) is 2. The van der Waals surface area contributed by atoms with Crippen LogP contribution >= 0.6 is 0 Å². The van der Waals surface area contributed by atoms with E-state index in [0.29, 0.717) is 0 Å². The summed E-state index contributed by atoms with van der Waals surface area (Å²) in [4.78, 5) is 0. The van der Waals surface area contributed by atoms with E-state index in [2.05, 4.69) is 12.0 Å². The highest BCUT2D eigenvalue weighted by Gasteiger charge is 2.06. The number of nitrogens with two attached hydrogens (primary N) is 1. The van der Waals surface area contributed by atoms with Crippen molar-refractivity contribution in [1.82, 2.24) is 9.78 Å². The van der Waals surface area contributed by atoms with Crippen LogP contribution in [-0.2, 0) is 6.42 Å². The Morgan fingerprint density at radius 2 is 1.70 bits per heavy atom. The quantitative estimate of drug-likeness (QED) is 0.725. The van der Waals surface area contributed by atoms with Gasteiger partial charge in [0.2, 0.25) is 0 Å². The molecule has 0 fully saturated rings. The average molecular weight is 271 g/mol. The Balaban J connectivity index is 1.85. The van der Waals surface area contributed by atoms with Gasteiger partial charge in [-0.05, 0) is 25.0 Å². The number of aromatic nitrogens is 2. The summed E-state index contributed by atoms with van der Waals surface area (Å²) in [5, 5.41) is 4.61. The van der Waals surface area contributed by atoms with Crippen molar-refractivity contribution in [3.8, 4) is 5.69 Å². The molecule has 20 heavy (non-hydrogen) atoms. The first kappa shape index (κ1) is 14.6. The molecule has 2 aromatic rings. The van der Waals surface area contributed by atoms with Gasteiger partial charge in [-0.25, -0.2) is 4.68 Å². The van der Waals surface area contributed by atoms with Crippen LogP contribution in [-0.4, -0.2) is 9.78 Å². The molecule has 108 valence electrons. The predicted molar refractivity (Wildman–Crippen MR) is 85.1 cm³/mol. The zero-order valence-electron chi connectivity index (χ0n) is 12.4. The lowest BCUT2D eigenvalue weighted by Crippen LogP contribution is -2.01. The summed E-state index contributed by atoms with van der Waals surface area (Å²) in [6, 6.07) is 12.1. The third kappa shape index (κ3) is 4.12. The van der Waals surface area contributed by atoms with E-state index in [1.54, 1.807) is 0 Å². The number of nitrogen functional groups attached to an aromatic ring is 1. The molecule has 0 radical (unpaired) electrons. The first-order valence-corrected chi connectivity index (χ1v) is 7.71. The van der Waals surface area contributed by atoms with Crippen molar-refractivity contribution < 1.29 is 0 Å². The van der Waals surface area contributed by atoms with Crippen LogP contribution in [0.5, 0.6) is 0 Å². The highest BCUT2D eigenvalue weighted by molar-refractivity contribution is 5.42. The van der Waals surface area contributed by atoms with Crippen LogP contribution in [0.3, 0.4) is 0 Å². The molecule has 0 aliphatic carbocycles. The second kappa shape index (κ2) is 7.73. The minimum absolute atomic E-state index is 0.720. The fraction of sp³-hybridized carbons (Fsp3) is 0.471. The first-order chi connectivity index (χ1) is 9.81. The van der Waals surface area contributed by atoms with Crippen LogP contribution in [0.2, 0.25) is 0 Å². The maximum absolute atomic E-state index is 6.04. The van der Waals surface area contributed by atoms with Gasteiger partial charge in [-0.1, -0.05) is 57.2 Å². The molecule has 0 atom stereocenters. The molecule has 3 heteroatoms. The Bertz CT molecular complexity index is 502. The second-order valence-corrected chi connectivity index (χ2v) is 5.33. The lowest BCUT2D eigenvalue weighted by atomic mass is 10.1. The van der Waals surface area contributed by atoms with E-state index in [1.807, 2.05) is 41.1 Å². The van der Waals surface area contributed by atoms with Crippen LogP contribution in [0, 0.1) is 0 Å². The zero-order chi connectivity index (χ0) is 14.2. The lowest BCUT2D eigenvalue weighted by molar-refractivity contribution is 0.603. The Kier molecular flexibility index (Phi) is 5.66. The molecule has 2 N–H and O–H groups in total. The molecule has 0 unspecified atom stereocenters. The fourth-order valence-corrected chi connectivity index (χ4v) is 2.43. The van der Waals surface area contributed by atoms with Gasteiger partial charge < -0.3 is 5.73 Å². The molecule has 0 aliphatic rings. The standard InChI is InChI=1S/C17H25N3/c1-2-3-4-5-6-8-11-15-14-17(18)20(19-15)16-12-9-7-10-13-16/h7,9-10,12-14H,2-6,8,11,18H2,1H3. The van der Waals surface area contributed by atoms with E-state index in [4.69, 9.17) is 5.73 Å². The lowest BCUT2D eigenvalue weighted by Gasteiger charge is -2.02. The fourth-order valence-electron chi connectivity index (χ4n) is 2.43. The van der Waals surface area contributed by atoms with E-state index in [-0.39, 0.29) is 0 Å². The van der Waals surface area contributed by atoms with Crippen molar-refractivity contribution in [2.24, 2.45) is 0 Å². The summed E-state index contributed by atoms with van der Waals surface area (Å²) in [7, 11) is 0. The summed E-state index contributed by atoms with van der Waals surface area (Å²) < 4.78 is 1.83. The molecule has 0 bridgehead atoms. The number of hydrogen-bond donors (Lipinski definition) is 1. The SMILES string of the molecule is CCCCCCCCc1cc(N)n(-c2ccccc2)n1. The van der Waals surface area contributed by atoms with Crippen molar-refractivity contribution >= 4 is 5.82 Å². The Morgan fingerprint density at radius 1 is 1.00 bits per heavy atom. The highest BCUT2D eigenvalue weighted by atomic mass is 15.3. The van der Waals surface area contributed by atoms with Gasteiger partial charge >= 0.3 is 0 Å². The van der Waals surface area contributed by atoms with E-state index in [1.165, 1.54) is 38.5 Å². The largest absolute Gasteiger partial charge is 0.384 e. The van der Waals surface area contributed by atoms with E-state index in [9.17, 15) is 0 Å². The van der Waals surface area contributed by atoms with Crippen molar-refractivity contribution in [1.29, 1.82) is 0 Å². The summed E-state index contributed by atoms with van der Waals surface area (Å²) in [5.41, 5.74) is 8.17. The number of unbranched alkanes of at least 4 members (excludes halogenated alkanes) is 5. The second-order valence-electron chi connectivity index (χ2n) is 5.33. The molecule has 1 aromatic carbocycles. The van der Waals surface area contributed by atoms with Crippen molar-refractivity contribution in [2.45, 2.75) is 51.9 Å². The van der Waals surface area contributed by atoms with Gasteiger partial charge in [0, 0.05) is 6.07 Å². The maximum Gasteiger partial charge on any atom is 0.127 e. The molecule has 1 heterocycles. The van der Waals surface area contributed by atoms with Gasteiger partial charge in [-0.3, -0.25) is 0 Å². The highest BCUT2D eigenvalue weighted by Crippen LogP contribution is 2.16. The molecular formula is C17H25N3. The number of hydrogen-bond acceptors (Lipinski definition) is 2. The Hall–Kier alpha value is -1.77. The van der Waals surface area contributed by atoms with Crippen LogP contribution in [0.25, 0.3) is 5.69 Å². The van der Waals surface area contributed by atoms with Gasteiger partial charge in [-0.2, -0.15) is 5.10 Å². The molecule has 0 spiro atoms. The van der Waals surface area contributed by atoms with Crippen molar-refractivity contribution in [3.63, 3.8) is 0 Å². The molecule has 3 nitrogen and oxygen atoms in total. The summed E-state index contributed by atoms with van der Waals surface area (Å²) in [6.07, 6.45) is 8.87. The Morgan fingerprint density at radius 3 is 2.45 bits per heavy atom. The molecule has 0 amide bonds. The van der Waals surface area contributed by atoms with Gasteiger partial charge in [0.25, 0.3) is 0 Å². The van der Waals surface area contributed by atoms with Crippen LogP contribution in [0.4, 0.5) is 5.82 Å². The third-order valence-electron chi connectivity index (χ3n) is 3.57. The zero-order valence-corrected chi connectivity index (χ0v) is 12.4. The van der Waals surface area contributed by atoms with Gasteiger partial charge in [0.1, 0.15) is 5.82 Å². The maximum atomic E-state index is 6.04. The van der Waals surface area contributed by atoms with Crippen LogP contribution in [0.15, 0.2) is 36.4 Å². The molecule has 2 rings (SSSR count). The van der Waals surface area contributed by atoms with E-state index >= 15 is 0 Å². The normalized spacial score (nSPS) is 10.8. The molecule has 1 aromatic heterocycles. The van der Waals surface area contributed by atoms with Crippen LogP contribution < -0.4 is 5.73 Å². The van der Waals surface area contributed by atoms with Gasteiger partial charge in [-0.15, -0.1) is 0 Å².